The Morgan fingerprint density at radius 1 is 1.03 bits per heavy atom. The first kappa shape index (κ1) is 22.6. The Kier molecular flexibility index (Phi) is 7.89. The van der Waals surface area contributed by atoms with Crippen molar-refractivity contribution in [3.05, 3.63) is 53.6 Å². The Morgan fingerprint density at radius 3 is 2.39 bits per heavy atom. The second kappa shape index (κ2) is 10.8. The summed E-state index contributed by atoms with van der Waals surface area (Å²) in [6, 6.07) is 12.4. The minimum absolute atomic E-state index is 0.175. The van der Waals surface area contributed by atoms with Crippen LogP contribution in [0.1, 0.15) is 40.5 Å². The van der Waals surface area contributed by atoms with Crippen LogP contribution in [0, 0.1) is 5.92 Å². The Bertz CT molecular complexity index is 890. The number of piperidine rings is 1. The van der Waals surface area contributed by atoms with Gasteiger partial charge in [0, 0.05) is 43.7 Å². The fourth-order valence-electron chi connectivity index (χ4n) is 3.63. The molecule has 1 heterocycles. The molecule has 0 aliphatic carbocycles. The van der Waals surface area contributed by atoms with Crippen molar-refractivity contribution < 1.29 is 19.1 Å². The first-order chi connectivity index (χ1) is 15.0. The average molecular weight is 426 g/mol. The Morgan fingerprint density at radius 2 is 1.74 bits per heavy atom. The molecule has 2 aromatic rings. The van der Waals surface area contributed by atoms with Crippen LogP contribution in [-0.2, 0) is 4.74 Å². The maximum Gasteiger partial charge on any atom is 0.255 e. The third-order valence-electron chi connectivity index (χ3n) is 5.57. The summed E-state index contributed by atoms with van der Waals surface area (Å²) in [6.45, 7) is 4.95. The lowest BCUT2D eigenvalue weighted by atomic mass is 9.97. The number of rotatable bonds is 8. The van der Waals surface area contributed by atoms with E-state index in [9.17, 15) is 9.59 Å². The van der Waals surface area contributed by atoms with Gasteiger partial charge in [-0.2, -0.15) is 0 Å². The number of ether oxygens (including phenoxy) is 2. The minimum Gasteiger partial charge on any atom is -0.497 e. The van der Waals surface area contributed by atoms with Crippen molar-refractivity contribution in [2.24, 2.45) is 5.92 Å². The lowest BCUT2D eigenvalue weighted by molar-refractivity contribution is 0.0936. The van der Waals surface area contributed by atoms with E-state index in [1.807, 2.05) is 12.1 Å². The molecule has 7 nitrogen and oxygen atoms in total. The van der Waals surface area contributed by atoms with E-state index in [1.165, 1.54) is 0 Å². The molecule has 3 rings (SSSR count). The predicted octanol–water partition coefficient (Wildman–Crippen LogP) is 3.56. The van der Waals surface area contributed by atoms with E-state index in [-0.39, 0.29) is 11.8 Å². The molecule has 0 unspecified atom stereocenters. The molecule has 0 aromatic heterocycles. The Labute approximate surface area is 183 Å². The molecule has 0 radical (unpaired) electrons. The van der Waals surface area contributed by atoms with Crippen LogP contribution >= 0.6 is 0 Å². The SMILES string of the molecule is COCCNC(=O)c1cc(NC(=O)c2ccc(OC)cc2)ccc1N1CCC(C)CC1. The fraction of sp³-hybridized carbons (Fsp3) is 0.417. The molecule has 2 N–H and O–H groups in total. The number of amides is 2. The molecule has 2 amide bonds. The summed E-state index contributed by atoms with van der Waals surface area (Å²) in [4.78, 5) is 27.8. The van der Waals surface area contributed by atoms with Gasteiger partial charge >= 0.3 is 0 Å². The van der Waals surface area contributed by atoms with Crippen molar-refractivity contribution in [3.63, 3.8) is 0 Å². The summed E-state index contributed by atoms with van der Waals surface area (Å²) in [6.07, 6.45) is 2.20. The van der Waals surface area contributed by atoms with Gasteiger partial charge in [0.1, 0.15) is 5.75 Å². The topological polar surface area (TPSA) is 79.9 Å². The molecule has 0 bridgehead atoms. The van der Waals surface area contributed by atoms with E-state index in [1.54, 1.807) is 44.6 Å². The molecule has 166 valence electrons. The number of hydrogen-bond acceptors (Lipinski definition) is 5. The molecule has 2 aromatic carbocycles. The van der Waals surface area contributed by atoms with Gasteiger partial charge in [-0.15, -0.1) is 0 Å². The molecule has 0 spiro atoms. The smallest absolute Gasteiger partial charge is 0.255 e. The monoisotopic (exact) mass is 425 g/mol. The van der Waals surface area contributed by atoms with Crippen LogP contribution in [-0.4, -0.2) is 52.3 Å². The van der Waals surface area contributed by atoms with Crippen LogP contribution in [0.3, 0.4) is 0 Å². The zero-order valence-electron chi connectivity index (χ0n) is 18.4. The number of benzene rings is 2. The van der Waals surface area contributed by atoms with Crippen LogP contribution in [0.2, 0.25) is 0 Å². The fourth-order valence-corrected chi connectivity index (χ4v) is 3.63. The van der Waals surface area contributed by atoms with E-state index in [4.69, 9.17) is 9.47 Å². The van der Waals surface area contributed by atoms with Gasteiger partial charge < -0.3 is 25.0 Å². The summed E-state index contributed by atoms with van der Waals surface area (Å²) in [5, 5.41) is 5.79. The quantitative estimate of drug-likeness (QED) is 0.632. The molecule has 0 saturated carbocycles. The lowest BCUT2D eigenvalue weighted by Gasteiger charge is -2.33. The number of nitrogens with one attached hydrogen (secondary N) is 2. The summed E-state index contributed by atoms with van der Waals surface area (Å²) in [7, 11) is 3.18. The number of carbonyl (C=O) groups excluding carboxylic acids is 2. The van der Waals surface area contributed by atoms with Crippen LogP contribution in [0.5, 0.6) is 5.75 Å². The Balaban J connectivity index is 1.81. The van der Waals surface area contributed by atoms with E-state index in [2.05, 4.69) is 22.5 Å². The number of hydrogen-bond donors (Lipinski definition) is 2. The molecule has 1 aliphatic heterocycles. The van der Waals surface area contributed by atoms with Gasteiger partial charge in [-0.25, -0.2) is 0 Å². The van der Waals surface area contributed by atoms with Gasteiger partial charge in [-0.05, 0) is 61.2 Å². The van der Waals surface area contributed by atoms with E-state index in [0.717, 1.165) is 31.6 Å². The van der Waals surface area contributed by atoms with Crippen LogP contribution in [0.15, 0.2) is 42.5 Å². The zero-order chi connectivity index (χ0) is 22.2. The highest BCUT2D eigenvalue weighted by Gasteiger charge is 2.22. The maximum atomic E-state index is 12.9. The number of anilines is 2. The number of carbonyl (C=O) groups is 2. The third-order valence-corrected chi connectivity index (χ3v) is 5.57. The molecular weight excluding hydrogens is 394 g/mol. The summed E-state index contributed by atoms with van der Waals surface area (Å²) < 4.78 is 10.2. The van der Waals surface area contributed by atoms with Gasteiger partial charge in [0.15, 0.2) is 0 Å². The Hall–Kier alpha value is -3.06. The second-order valence-corrected chi connectivity index (χ2v) is 7.83. The highest BCUT2D eigenvalue weighted by molar-refractivity contribution is 6.06. The lowest BCUT2D eigenvalue weighted by Crippen LogP contribution is -2.35. The number of nitrogens with zero attached hydrogens (tertiary/aromatic N) is 1. The standard InChI is InChI=1S/C24H31N3O4/c1-17-10-13-27(14-11-17)22-9-6-19(16-21(22)24(29)25-12-15-30-2)26-23(28)18-4-7-20(31-3)8-5-18/h4-9,16-17H,10-15H2,1-3H3,(H,25,29)(H,26,28). The summed E-state index contributed by atoms with van der Waals surface area (Å²) >= 11 is 0. The third kappa shape index (κ3) is 5.98. The van der Waals surface area contributed by atoms with Crippen molar-refractivity contribution in [1.29, 1.82) is 0 Å². The molecule has 0 atom stereocenters. The molecule has 1 fully saturated rings. The van der Waals surface area contributed by atoms with E-state index < -0.39 is 0 Å². The molecule has 1 aliphatic rings. The molecular formula is C24H31N3O4. The van der Waals surface area contributed by atoms with Gasteiger partial charge in [0.05, 0.1) is 19.3 Å². The highest BCUT2D eigenvalue weighted by Crippen LogP contribution is 2.29. The van der Waals surface area contributed by atoms with Crippen molar-refractivity contribution in [3.8, 4) is 5.75 Å². The van der Waals surface area contributed by atoms with Crippen molar-refractivity contribution >= 4 is 23.2 Å². The first-order valence-electron chi connectivity index (χ1n) is 10.6. The summed E-state index contributed by atoms with van der Waals surface area (Å²) in [5.74, 6) is 0.962. The minimum atomic E-state index is -0.243. The summed E-state index contributed by atoms with van der Waals surface area (Å²) in [5.41, 5.74) is 2.54. The van der Waals surface area contributed by atoms with Crippen molar-refractivity contribution in [1.82, 2.24) is 5.32 Å². The largest absolute Gasteiger partial charge is 0.497 e. The highest BCUT2D eigenvalue weighted by atomic mass is 16.5. The van der Waals surface area contributed by atoms with Crippen LogP contribution in [0.25, 0.3) is 0 Å². The van der Waals surface area contributed by atoms with Gasteiger partial charge in [0.2, 0.25) is 0 Å². The van der Waals surface area contributed by atoms with E-state index in [0.29, 0.717) is 41.6 Å². The zero-order valence-corrected chi connectivity index (χ0v) is 18.4. The van der Waals surface area contributed by atoms with Gasteiger partial charge in [0.25, 0.3) is 11.8 Å². The normalized spacial score (nSPS) is 14.2. The number of methoxy groups -OCH3 is 2. The van der Waals surface area contributed by atoms with Gasteiger partial charge in [-0.1, -0.05) is 6.92 Å². The second-order valence-electron chi connectivity index (χ2n) is 7.83. The van der Waals surface area contributed by atoms with Crippen LogP contribution in [0.4, 0.5) is 11.4 Å². The van der Waals surface area contributed by atoms with Gasteiger partial charge in [-0.3, -0.25) is 9.59 Å². The first-order valence-corrected chi connectivity index (χ1v) is 10.6. The molecule has 1 saturated heterocycles. The maximum absolute atomic E-state index is 12.9. The van der Waals surface area contributed by atoms with Crippen molar-refractivity contribution in [2.75, 3.05) is 50.7 Å². The average Bonchev–Trinajstić information content (AvgIpc) is 2.80. The van der Waals surface area contributed by atoms with Crippen molar-refractivity contribution in [2.45, 2.75) is 19.8 Å². The predicted molar refractivity (Wildman–Crippen MR) is 122 cm³/mol. The molecule has 7 heteroatoms. The van der Waals surface area contributed by atoms with Crippen LogP contribution < -0.4 is 20.3 Å². The molecule has 31 heavy (non-hydrogen) atoms. The van der Waals surface area contributed by atoms with E-state index >= 15 is 0 Å².